The number of carbonyl (C=O) groups is 4. The van der Waals surface area contributed by atoms with E-state index < -0.39 is 30.4 Å². The average Bonchev–Trinajstić information content (AvgIpc) is 2.72. The van der Waals surface area contributed by atoms with E-state index >= 15 is 0 Å². The van der Waals surface area contributed by atoms with Crippen LogP contribution in [0.2, 0.25) is 0 Å². The molecule has 1 aliphatic rings. The second-order valence-corrected chi connectivity index (χ2v) is 6.82. The van der Waals surface area contributed by atoms with Crippen LogP contribution in [-0.4, -0.2) is 42.6 Å². The molecule has 0 bridgehead atoms. The van der Waals surface area contributed by atoms with E-state index in [2.05, 4.69) is 5.32 Å². The fourth-order valence-electron chi connectivity index (χ4n) is 2.96. The number of hydrogen-bond acceptors (Lipinski definition) is 6. The summed E-state index contributed by atoms with van der Waals surface area (Å²) in [5, 5.41) is 10.9. The lowest BCUT2D eigenvalue weighted by atomic mass is 10.0. The van der Waals surface area contributed by atoms with Crippen LogP contribution < -0.4 is 19.7 Å². The standard InChI is InChI=1S/C22H20N2O7/c1-12-4-6-15(8-13(12)2)24-21(28)16(20(27)23-22(24)29)9-14-5-7-17(18(10-14)30-3)31-11-19(25)26/h4-10H,11H2,1-3H3,(H,25,26)(H,23,27,29)/b16-9+. The van der Waals surface area contributed by atoms with Crippen LogP contribution in [0.5, 0.6) is 11.5 Å². The van der Waals surface area contributed by atoms with E-state index in [1.807, 2.05) is 13.8 Å². The maximum absolute atomic E-state index is 13.0. The van der Waals surface area contributed by atoms with Crippen LogP contribution in [-0.2, 0) is 14.4 Å². The van der Waals surface area contributed by atoms with Crippen LogP contribution in [0.4, 0.5) is 10.5 Å². The molecule has 0 aliphatic carbocycles. The summed E-state index contributed by atoms with van der Waals surface area (Å²) in [6.45, 7) is 3.21. The molecule has 9 heteroatoms. The predicted octanol–water partition coefficient (Wildman–Crippen LogP) is 2.44. The SMILES string of the molecule is COc1cc(/C=C2\C(=O)NC(=O)N(c3ccc(C)c(C)c3)C2=O)ccc1OCC(=O)O. The lowest BCUT2D eigenvalue weighted by Gasteiger charge is -2.26. The summed E-state index contributed by atoms with van der Waals surface area (Å²) >= 11 is 0. The summed E-state index contributed by atoms with van der Waals surface area (Å²) < 4.78 is 10.3. The van der Waals surface area contributed by atoms with Crippen molar-refractivity contribution in [3.63, 3.8) is 0 Å². The number of methoxy groups -OCH3 is 1. The number of urea groups is 1. The summed E-state index contributed by atoms with van der Waals surface area (Å²) in [7, 11) is 1.37. The number of ether oxygens (including phenoxy) is 2. The third-order valence-corrected chi connectivity index (χ3v) is 4.70. The van der Waals surface area contributed by atoms with Crippen molar-refractivity contribution in [1.82, 2.24) is 5.32 Å². The number of benzene rings is 2. The van der Waals surface area contributed by atoms with Crippen LogP contribution in [0.1, 0.15) is 16.7 Å². The lowest BCUT2D eigenvalue weighted by Crippen LogP contribution is -2.54. The minimum Gasteiger partial charge on any atom is -0.493 e. The highest BCUT2D eigenvalue weighted by atomic mass is 16.5. The molecule has 0 unspecified atom stereocenters. The largest absolute Gasteiger partial charge is 0.493 e. The monoisotopic (exact) mass is 424 g/mol. The summed E-state index contributed by atoms with van der Waals surface area (Å²) in [5.41, 5.74) is 2.42. The quantitative estimate of drug-likeness (QED) is 0.539. The second kappa shape index (κ2) is 8.70. The van der Waals surface area contributed by atoms with E-state index in [0.29, 0.717) is 11.3 Å². The Balaban J connectivity index is 1.96. The van der Waals surface area contributed by atoms with Gasteiger partial charge in [0.05, 0.1) is 12.8 Å². The van der Waals surface area contributed by atoms with E-state index in [9.17, 15) is 19.2 Å². The number of barbiturate groups is 1. The number of nitrogens with one attached hydrogen (secondary N) is 1. The Bertz CT molecular complexity index is 1120. The molecule has 31 heavy (non-hydrogen) atoms. The molecule has 1 aliphatic heterocycles. The van der Waals surface area contributed by atoms with Crippen molar-refractivity contribution in [3.8, 4) is 11.5 Å². The van der Waals surface area contributed by atoms with Gasteiger partial charge in [-0.1, -0.05) is 12.1 Å². The number of aryl methyl sites for hydroxylation is 2. The highest BCUT2D eigenvalue weighted by Gasteiger charge is 2.36. The van der Waals surface area contributed by atoms with Crippen LogP contribution >= 0.6 is 0 Å². The van der Waals surface area contributed by atoms with Crippen LogP contribution in [0.3, 0.4) is 0 Å². The first-order chi connectivity index (χ1) is 14.7. The van der Waals surface area contributed by atoms with Crippen molar-refractivity contribution in [3.05, 3.63) is 58.7 Å². The summed E-state index contributed by atoms with van der Waals surface area (Å²) in [6.07, 6.45) is 1.32. The number of rotatable bonds is 6. The molecule has 1 fully saturated rings. The summed E-state index contributed by atoms with van der Waals surface area (Å²) in [4.78, 5) is 49.3. The van der Waals surface area contributed by atoms with Gasteiger partial charge in [0.15, 0.2) is 18.1 Å². The maximum atomic E-state index is 13.0. The van der Waals surface area contributed by atoms with Gasteiger partial charge in [0, 0.05) is 0 Å². The van der Waals surface area contributed by atoms with Crippen LogP contribution in [0.15, 0.2) is 42.0 Å². The van der Waals surface area contributed by atoms with Crippen molar-refractivity contribution < 1.29 is 33.8 Å². The van der Waals surface area contributed by atoms with Crippen molar-refractivity contribution >= 4 is 35.6 Å². The van der Waals surface area contributed by atoms with Crippen molar-refractivity contribution in [2.75, 3.05) is 18.6 Å². The van der Waals surface area contributed by atoms with Gasteiger partial charge in [0.2, 0.25) is 0 Å². The molecule has 2 aromatic rings. The van der Waals surface area contributed by atoms with Gasteiger partial charge >= 0.3 is 12.0 Å². The Morgan fingerprint density at radius 2 is 1.81 bits per heavy atom. The summed E-state index contributed by atoms with van der Waals surface area (Å²) in [5.74, 6) is -2.31. The number of carbonyl (C=O) groups excluding carboxylic acids is 3. The summed E-state index contributed by atoms with van der Waals surface area (Å²) in [6, 6.07) is 8.76. The fraction of sp³-hybridized carbons (Fsp3) is 0.182. The first-order valence-corrected chi connectivity index (χ1v) is 9.22. The first kappa shape index (κ1) is 21.6. The van der Waals surface area contributed by atoms with E-state index in [1.165, 1.54) is 31.4 Å². The van der Waals surface area contributed by atoms with E-state index in [4.69, 9.17) is 14.6 Å². The van der Waals surface area contributed by atoms with Crippen LogP contribution in [0.25, 0.3) is 6.08 Å². The zero-order valence-electron chi connectivity index (χ0n) is 17.1. The molecule has 3 rings (SSSR count). The van der Waals surface area contributed by atoms with E-state index in [1.54, 1.807) is 18.2 Å². The number of imide groups is 2. The van der Waals surface area contributed by atoms with Crippen LogP contribution in [0, 0.1) is 13.8 Å². The minimum absolute atomic E-state index is 0.193. The molecular weight excluding hydrogens is 404 g/mol. The zero-order valence-corrected chi connectivity index (χ0v) is 17.1. The molecule has 2 N–H and O–H groups in total. The predicted molar refractivity (Wildman–Crippen MR) is 111 cm³/mol. The zero-order chi connectivity index (χ0) is 22.7. The normalized spacial score (nSPS) is 15.1. The van der Waals surface area contributed by atoms with Gasteiger partial charge in [-0.25, -0.2) is 14.5 Å². The molecule has 4 amide bonds. The number of aliphatic carboxylic acids is 1. The smallest absolute Gasteiger partial charge is 0.341 e. The Morgan fingerprint density at radius 3 is 2.45 bits per heavy atom. The van der Waals surface area contributed by atoms with Gasteiger partial charge in [-0.2, -0.15) is 0 Å². The van der Waals surface area contributed by atoms with Crippen molar-refractivity contribution in [1.29, 1.82) is 0 Å². The molecule has 1 saturated heterocycles. The van der Waals surface area contributed by atoms with Gasteiger partial charge in [-0.05, 0) is 60.9 Å². The van der Waals surface area contributed by atoms with E-state index in [0.717, 1.165) is 16.0 Å². The number of anilines is 1. The van der Waals surface area contributed by atoms with E-state index in [-0.39, 0.29) is 17.1 Å². The minimum atomic E-state index is -1.14. The van der Waals surface area contributed by atoms with Crippen molar-refractivity contribution in [2.24, 2.45) is 0 Å². The third kappa shape index (κ3) is 4.55. The first-order valence-electron chi connectivity index (χ1n) is 9.22. The second-order valence-electron chi connectivity index (χ2n) is 6.82. The Hall–Kier alpha value is -4.14. The Labute approximate surface area is 177 Å². The highest BCUT2D eigenvalue weighted by Crippen LogP contribution is 2.30. The average molecular weight is 424 g/mol. The number of carboxylic acids is 1. The van der Waals surface area contributed by atoms with Gasteiger partial charge in [0.25, 0.3) is 11.8 Å². The molecule has 9 nitrogen and oxygen atoms in total. The molecule has 160 valence electrons. The topological polar surface area (TPSA) is 122 Å². The molecular formula is C22H20N2O7. The number of carboxylic acid groups (broad SMARTS) is 1. The van der Waals surface area contributed by atoms with Gasteiger partial charge < -0.3 is 14.6 Å². The highest BCUT2D eigenvalue weighted by molar-refractivity contribution is 6.39. The number of nitrogens with zero attached hydrogens (tertiary/aromatic N) is 1. The molecule has 0 radical (unpaired) electrons. The molecule has 0 saturated carbocycles. The van der Waals surface area contributed by atoms with Gasteiger partial charge in [-0.15, -0.1) is 0 Å². The molecule has 2 aromatic carbocycles. The van der Waals surface area contributed by atoms with Gasteiger partial charge in [0.1, 0.15) is 5.57 Å². The molecule has 1 heterocycles. The molecule has 0 aromatic heterocycles. The number of amides is 4. The number of hydrogen-bond donors (Lipinski definition) is 2. The maximum Gasteiger partial charge on any atom is 0.341 e. The Kier molecular flexibility index (Phi) is 6.05. The third-order valence-electron chi connectivity index (χ3n) is 4.70. The van der Waals surface area contributed by atoms with Gasteiger partial charge in [-0.3, -0.25) is 14.9 Å². The molecule has 0 atom stereocenters. The molecule has 0 spiro atoms. The Morgan fingerprint density at radius 1 is 1.06 bits per heavy atom. The fourth-order valence-corrected chi connectivity index (χ4v) is 2.96. The lowest BCUT2D eigenvalue weighted by molar-refractivity contribution is -0.139. The van der Waals surface area contributed by atoms with Crippen molar-refractivity contribution in [2.45, 2.75) is 13.8 Å².